The molecule has 2 aromatic rings. The molecular formula is C16H21N3OS2. The number of carbonyl (C=O) groups is 1. The van der Waals surface area contributed by atoms with Crippen molar-refractivity contribution in [1.82, 2.24) is 15.6 Å². The van der Waals surface area contributed by atoms with Gasteiger partial charge in [-0.2, -0.15) is 0 Å². The van der Waals surface area contributed by atoms with Gasteiger partial charge in [-0.05, 0) is 51.2 Å². The Kier molecular flexibility index (Phi) is 6.89. The summed E-state index contributed by atoms with van der Waals surface area (Å²) in [5.41, 5.74) is 1.82. The SMILES string of the molecule is CNCCCNC(=O)c1ccc(SCc2csc(C)n2)cc1. The average Bonchev–Trinajstić information content (AvgIpc) is 2.95. The zero-order valence-electron chi connectivity index (χ0n) is 12.9. The Morgan fingerprint density at radius 2 is 2.05 bits per heavy atom. The Labute approximate surface area is 139 Å². The molecule has 1 amide bonds. The highest BCUT2D eigenvalue weighted by molar-refractivity contribution is 7.98. The van der Waals surface area contributed by atoms with Crippen LogP contribution in [0, 0.1) is 6.92 Å². The number of rotatable bonds is 8. The van der Waals surface area contributed by atoms with E-state index in [2.05, 4.69) is 21.0 Å². The van der Waals surface area contributed by atoms with Crippen LogP contribution in [0.25, 0.3) is 0 Å². The number of benzene rings is 1. The van der Waals surface area contributed by atoms with Crippen LogP contribution in [-0.4, -0.2) is 31.0 Å². The number of nitrogens with one attached hydrogen (secondary N) is 2. The van der Waals surface area contributed by atoms with Gasteiger partial charge in [-0.25, -0.2) is 4.98 Å². The molecule has 0 aliphatic rings. The Bertz CT molecular complexity index is 596. The number of amides is 1. The fraction of sp³-hybridized carbons (Fsp3) is 0.375. The van der Waals surface area contributed by atoms with E-state index in [9.17, 15) is 4.79 Å². The van der Waals surface area contributed by atoms with Crippen molar-refractivity contribution in [3.05, 3.63) is 45.9 Å². The van der Waals surface area contributed by atoms with Gasteiger partial charge < -0.3 is 10.6 Å². The lowest BCUT2D eigenvalue weighted by atomic mass is 10.2. The second-order valence-electron chi connectivity index (χ2n) is 4.88. The second kappa shape index (κ2) is 8.92. The lowest BCUT2D eigenvalue weighted by Gasteiger charge is -2.06. The Morgan fingerprint density at radius 3 is 2.68 bits per heavy atom. The van der Waals surface area contributed by atoms with Gasteiger partial charge in [0.1, 0.15) is 0 Å². The normalized spacial score (nSPS) is 10.6. The summed E-state index contributed by atoms with van der Waals surface area (Å²) in [5.74, 6) is 0.850. The van der Waals surface area contributed by atoms with Crippen molar-refractivity contribution in [1.29, 1.82) is 0 Å². The first kappa shape index (κ1) is 17.0. The standard InChI is InChI=1S/C16H21N3OS2/c1-12-19-14(10-21-12)11-22-15-6-4-13(5-7-15)16(20)18-9-3-8-17-2/h4-7,10,17H,3,8-9,11H2,1-2H3,(H,18,20). The van der Waals surface area contributed by atoms with Crippen LogP contribution in [0.15, 0.2) is 34.5 Å². The van der Waals surface area contributed by atoms with Gasteiger partial charge in [0.2, 0.25) is 0 Å². The van der Waals surface area contributed by atoms with Crippen molar-refractivity contribution in [3.8, 4) is 0 Å². The van der Waals surface area contributed by atoms with Crippen molar-refractivity contribution >= 4 is 29.0 Å². The fourth-order valence-corrected chi connectivity index (χ4v) is 3.41. The van der Waals surface area contributed by atoms with Gasteiger partial charge in [-0.15, -0.1) is 23.1 Å². The summed E-state index contributed by atoms with van der Waals surface area (Å²) in [4.78, 5) is 17.6. The number of hydrogen-bond donors (Lipinski definition) is 2. The van der Waals surface area contributed by atoms with E-state index < -0.39 is 0 Å². The monoisotopic (exact) mass is 335 g/mol. The summed E-state index contributed by atoms with van der Waals surface area (Å²) in [7, 11) is 1.91. The van der Waals surface area contributed by atoms with Crippen molar-refractivity contribution in [2.75, 3.05) is 20.1 Å². The van der Waals surface area contributed by atoms with E-state index in [-0.39, 0.29) is 5.91 Å². The molecule has 0 spiro atoms. The number of aromatic nitrogens is 1. The van der Waals surface area contributed by atoms with E-state index in [1.165, 1.54) is 0 Å². The first-order chi connectivity index (χ1) is 10.7. The first-order valence-corrected chi connectivity index (χ1v) is 9.12. The largest absolute Gasteiger partial charge is 0.352 e. The number of hydrogen-bond acceptors (Lipinski definition) is 5. The maximum absolute atomic E-state index is 12.0. The van der Waals surface area contributed by atoms with Gasteiger partial charge in [0, 0.05) is 28.1 Å². The zero-order valence-corrected chi connectivity index (χ0v) is 14.5. The van der Waals surface area contributed by atoms with Crippen molar-refractivity contribution in [2.45, 2.75) is 24.0 Å². The average molecular weight is 335 g/mol. The summed E-state index contributed by atoms with van der Waals surface area (Å²) < 4.78 is 0. The number of nitrogens with zero attached hydrogens (tertiary/aromatic N) is 1. The van der Waals surface area contributed by atoms with Crippen molar-refractivity contribution in [2.24, 2.45) is 0 Å². The molecule has 22 heavy (non-hydrogen) atoms. The van der Waals surface area contributed by atoms with Gasteiger partial charge in [-0.3, -0.25) is 4.79 Å². The first-order valence-electron chi connectivity index (χ1n) is 7.25. The van der Waals surface area contributed by atoms with Crippen LogP contribution in [0.2, 0.25) is 0 Å². The van der Waals surface area contributed by atoms with Crippen molar-refractivity contribution in [3.63, 3.8) is 0 Å². The van der Waals surface area contributed by atoms with E-state index >= 15 is 0 Å². The Balaban J connectivity index is 1.80. The molecule has 4 nitrogen and oxygen atoms in total. The topological polar surface area (TPSA) is 54.0 Å². The molecule has 0 aliphatic heterocycles. The van der Waals surface area contributed by atoms with Crippen LogP contribution in [0.3, 0.4) is 0 Å². The molecule has 0 bridgehead atoms. The van der Waals surface area contributed by atoms with E-state index in [1.807, 2.05) is 38.2 Å². The molecule has 0 aliphatic carbocycles. The van der Waals surface area contributed by atoms with Gasteiger partial charge in [-0.1, -0.05) is 0 Å². The third-order valence-electron chi connectivity index (χ3n) is 3.06. The molecule has 0 unspecified atom stereocenters. The van der Waals surface area contributed by atoms with Crippen LogP contribution >= 0.6 is 23.1 Å². The quantitative estimate of drug-likeness (QED) is 0.575. The third-order valence-corrected chi connectivity index (χ3v) is 4.93. The number of carbonyl (C=O) groups excluding carboxylic acids is 1. The molecule has 0 saturated carbocycles. The summed E-state index contributed by atoms with van der Waals surface area (Å²) in [5, 5.41) is 9.17. The molecule has 0 saturated heterocycles. The maximum atomic E-state index is 12.0. The van der Waals surface area contributed by atoms with Crippen LogP contribution in [0.4, 0.5) is 0 Å². The molecule has 1 heterocycles. The van der Waals surface area contributed by atoms with E-state index in [0.29, 0.717) is 12.1 Å². The molecular weight excluding hydrogens is 314 g/mol. The highest BCUT2D eigenvalue weighted by Crippen LogP contribution is 2.23. The molecule has 1 aromatic heterocycles. The van der Waals surface area contributed by atoms with Crippen LogP contribution in [0.5, 0.6) is 0 Å². The number of aryl methyl sites for hydroxylation is 1. The number of thiazole rings is 1. The minimum absolute atomic E-state index is 0.0113. The number of thioether (sulfide) groups is 1. The molecule has 2 N–H and O–H groups in total. The van der Waals surface area contributed by atoms with Crippen LogP contribution < -0.4 is 10.6 Å². The molecule has 6 heteroatoms. The van der Waals surface area contributed by atoms with Gasteiger partial charge in [0.05, 0.1) is 10.7 Å². The summed E-state index contributed by atoms with van der Waals surface area (Å²) in [6.45, 7) is 3.62. The minimum atomic E-state index is -0.0113. The lowest BCUT2D eigenvalue weighted by molar-refractivity contribution is 0.0953. The predicted molar refractivity (Wildman–Crippen MR) is 93.7 cm³/mol. The molecule has 2 rings (SSSR count). The Hall–Kier alpha value is -1.37. The van der Waals surface area contributed by atoms with Crippen LogP contribution in [0.1, 0.15) is 27.5 Å². The van der Waals surface area contributed by atoms with Gasteiger partial charge in [0.25, 0.3) is 5.91 Å². The minimum Gasteiger partial charge on any atom is -0.352 e. The van der Waals surface area contributed by atoms with Crippen LogP contribution in [-0.2, 0) is 5.75 Å². The smallest absolute Gasteiger partial charge is 0.251 e. The molecule has 0 radical (unpaired) electrons. The summed E-state index contributed by atoms with van der Waals surface area (Å²) in [6.07, 6.45) is 0.934. The zero-order chi connectivity index (χ0) is 15.8. The van der Waals surface area contributed by atoms with E-state index in [4.69, 9.17) is 0 Å². The highest BCUT2D eigenvalue weighted by atomic mass is 32.2. The highest BCUT2D eigenvalue weighted by Gasteiger charge is 2.05. The van der Waals surface area contributed by atoms with Gasteiger partial charge in [0.15, 0.2) is 0 Å². The van der Waals surface area contributed by atoms with E-state index in [0.717, 1.165) is 34.3 Å². The molecule has 0 fully saturated rings. The predicted octanol–water partition coefficient (Wildman–Crippen LogP) is 3.08. The third kappa shape index (κ3) is 5.44. The maximum Gasteiger partial charge on any atom is 0.251 e. The summed E-state index contributed by atoms with van der Waals surface area (Å²) >= 11 is 3.41. The molecule has 0 atom stereocenters. The molecule has 1 aromatic carbocycles. The summed E-state index contributed by atoms with van der Waals surface area (Å²) in [6, 6.07) is 7.74. The van der Waals surface area contributed by atoms with Crippen molar-refractivity contribution < 1.29 is 4.79 Å². The lowest BCUT2D eigenvalue weighted by Crippen LogP contribution is -2.26. The van der Waals surface area contributed by atoms with E-state index in [1.54, 1.807) is 23.1 Å². The second-order valence-corrected chi connectivity index (χ2v) is 6.99. The fourth-order valence-electron chi connectivity index (χ4n) is 1.90. The molecule has 118 valence electrons. The van der Waals surface area contributed by atoms with Gasteiger partial charge >= 0.3 is 0 Å². The Morgan fingerprint density at radius 1 is 1.27 bits per heavy atom.